The third-order valence-electron chi connectivity index (χ3n) is 13.2. The van der Waals surface area contributed by atoms with Crippen LogP contribution >= 0.6 is 0 Å². The van der Waals surface area contributed by atoms with Gasteiger partial charge < -0.3 is 14.2 Å². The lowest BCUT2D eigenvalue weighted by molar-refractivity contribution is -0.144. The van der Waals surface area contributed by atoms with Crippen molar-refractivity contribution in [3.05, 3.63) is 161 Å². The highest BCUT2D eigenvalue weighted by molar-refractivity contribution is 6.09. The summed E-state index contributed by atoms with van der Waals surface area (Å²) in [5.41, 5.74) is 3.26. The lowest BCUT2D eigenvalue weighted by Gasteiger charge is -2.57. The van der Waals surface area contributed by atoms with E-state index in [4.69, 9.17) is 14.2 Å². The van der Waals surface area contributed by atoms with E-state index in [-0.39, 0.29) is 34.6 Å². The number of methoxy groups -OCH3 is 1. The predicted octanol–water partition coefficient (Wildman–Crippen LogP) is 12.3. The fourth-order valence-corrected chi connectivity index (χ4v) is 10.7. The Morgan fingerprint density at radius 1 is 0.714 bits per heavy atom. The first kappa shape index (κ1) is 41.8. The van der Waals surface area contributed by atoms with Gasteiger partial charge in [-0.3, -0.25) is 9.69 Å². The third-order valence-corrected chi connectivity index (χ3v) is 13.2. The Balaban J connectivity index is 0.938. The highest BCUT2D eigenvalue weighted by Gasteiger charge is 2.52. The number of carbonyl (C=O) groups excluding carboxylic acids is 3. The SMILES string of the molecule is CCOC(=O)C(c1ccc(C(F)(F)F)cc1)N(C(=O)c1ccc(OC(=O)c2ccc3cc(-c4ccc(OC)c(C56CC7CC(CC(C7)C5)C6)c4)ccc3c2)cc1)c1ccc(F)cc1. The topological polar surface area (TPSA) is 82.1 Å². The van der Waals surface area contributed by atoms with E-state index in [9.17, 15) is 31.9 Å². The van der Waals surface area contributed by atoms with Crippen molar-refractivity contribution in [1.82, 2.24) is 0 Å². The average Bonchev–Trinajstić information content (AvgIpc) is 3.27. The number of fused-ring (bicyclic) bond motifs is 1. The van der Waals surface area contributed by atoms with Crippen LogP contribution in [-0.2, 0) is 21.1 Å². The standard InChI is InChI=1S/C52H45F4NO6/c1-3-62-50(60)47(34-8-13-41(14-9-34)52(54,55)56)57(43-17-15-42(53)16-18-43)48(58)35-10-19-44(20-11-35)63-49(59)40-7-6-36-25-37(4-5-38(36)26-40)39-12-21-46(61-2)45(27-39)51-28-31-22-32(29-51)24-33(23-31)30-51/h4-21,25-27,31-33,47H,3,22-24,28-30H2,1-2H3. The smallest absolute Gasteiger partial charge is 0.416 e. The van der Waals surface area contributed by atoms with Gasteiger partial charge in [-0.15, -0.1) is 0 Å². The lowest BCUT2D eigenvalue weighted by Crippen LogP contribution is -2.48. The number of rotatable bonds is 11. The number of anilines is 1. The van der Waals surface area contributed by atoms with Crippen molar-refractivity contribution in [3.63, 3.8) is 0 Å². The summed E-state index contributed by atoms with van der Waals surface area (Å²) in [5, 5.41) is 1.82. The van der Waals surface area contributed by atoms with Crippen LogP contribution in [0.3, 0.4) is 0 Å². The van der Waals surface area contributed by atoms with E-state index in [1.54, 1.807) is 26.2 Å². The van der Waals surface area contributed by atoms with Gasteiger partial charge in [0.25, 0.3) is 5.91 Å². The molecule has 6 aromatic carbocycles. The molecule has 4 aliphatic rings. The zero-order valence-electron chi connectivity index (χ0n) is 34.8. The first-order chi connectivity index (χ1) is 30.3. The normalized spacial score (nSPS) is 20.6. The number of benzene rings is 6. The monoisotopic (exact) mass is 855 g/mol. The molecule has 1 amide bonds. The zero-order valence-corrected chi connectivity index (χ0v) is 34.8. The van der Waals surface area contributed by atoms with Gasteiger partial charge in [0.1, 0.15) is 17.3 Å². The molecule has 10 rings (SSSR count). The fourth-order valence-electron chi connectivity index (χ4n) is 10.7. The van der Waals surface area contributed by atoms with Crippen LogP contribution in [0.4, 0.5) is 23.2 Å². The van der Waals surface area contributed by atoms with Crippen molar-refractivity contribution in [3.8, 4) is 22.6 Å². The summed E-state index contributed by atoms with van der Waals surface area (Å²) < 4.78 is 71.3. The van der Waals surface area contributed by atoms with Crippen LogP contribution in [0.1, 0.15) is 88.9 Å². The Morgan fingerprint density at radius 3 is 1.92 bits per heavy atom. The molecule has 4 aliphatic carbocycles. The molecule has 0 heterocycles. The maximum atomic E-state index is 14.3. The van der Waals surface area contributed by atoms with Gasteiger partial charge in [0.05, 0.1) is 24.8 Å². The summed E-state index contributed by atoms with van der Waals surface area (Å²) >= 11 is 0. The molecule has 1 unspecified atom stereocenters. The molecule has 0 N–H and O–H groups in total. The summed E-state index contributed by atoms with van der Waals surface area (Å²) in [6, 6.07) is 30.8. The number of nitrogens with zero attached hydrogens (tertiary/aromatic N) is 1. The molecule has 4 bridgehead atoms. The van der Waals surface area contributed by atoms with Gasteiger partial charge >= 0.3 is 18.1 Å². The number of ether oxygens (including phenoxy) is 3. The molecule has 0 aromatic heterocycles. The molecular weight excluding hydrogens is 811 g/mol. The van der Waals surface area contributed by atoms with Gasteiger partial charge in [0, 0.05) is 16.8 Å². The number of hydrogen-bond acceptors (Lipinski definition) is 6. The predicted molar refractivity (Wildman–Crippen MR) is 231 cm³/mol. The Bertz CT molecular complexity index is 2660. The summed E-state index contributed by atoms with van der Waals surface area (Å²) in [4.78, 5) is 42.2. The fraction of sp³-hybridized carbons (Fsp3) is 0.288. The highest BCUT2D eigenvalue weighted by atomic mass is 19.4. The number of hydrogen-bond donors (Lipinski definition) is 0. The van der Waals surface area contributed by atoms with Gasteiger partial charge in [-0.1, -0.05) is 36.4 Å². The molecule has 322 valence electrons. The molecule has 6 aromatic rings. The van der Waals surface area contributed by atoms with E-state index in [2.05, 4.69) is 30.3 Å². The van der Waals surface area contributed by atoms with E-state index in [1.807, 2.05) is 12.1 Å². The molecule has 63 heavy (non-hydrogen) atoms. The van der Waals surface area contributed by atoms with Crippen molar-refractivity contribution < 1.29 is 46.2 Å². The zero-order chi connectivity index (χ0) is 44.0. The molecule has 0 saturated heterocycles. The summed E-state index contributed by atoms with van der Waals surface area (Å²) in [6.07, 6.45) is 3.18. The Hall–Kier alpha value is -6.49. The van der Waals surface area contributed by atoms with Gasteiger partial charge in [-0.05, 0) is 187 Å². The molecule has 0 aliphatic heterocycles. The molecule has 0 spiro atoms. The van der Waals surface area contributed by atoms with E-state index in [0.717, 1.165) is 86.7 Å². The van der Waals surface area contributed by atoms with Crippen LogP contribution in [-0.4, -0.2) is 31.6 Å². The van der Waals surface area contributed by atoms with Gasteiger partial charge in [-0.2, -0.15) is 13.2 Å². The highest BCUT2D eigenvalue weighted by Crippen LogP contribution is 2.62. The first-order valence-corrected chi connectivity index (χ1v) is 21.3. The van der Waals surface area contributed by atoms with Gasteiger partial charge in [0.15, 0.2) is 6.04 Å². The van der Waals surface area contributed by atoms with Crippen molar-refractivity contribution >= 4 is 34.3 Å². The maximum Gasteiger partial charge on any atom is 0.416 e. The van der Waals surface area contributed by atoms with E-state index in [0.29, 0.717) is 5.56 Å². The van der Waals surface area contributed by atoms with Gasteiger partial charge in [-0.25, -0.2) is 14.0 Å². The number of alkyl halides is 3. The van der Waals surface area contributed by atoms with E-state index in [1.165, 1.54) is 80.5 Å². The number of esters is 2. The molecule has 1 atom stereocenters. The molecule has 7 nitrogen and oxygen atoms in total. The molecule has 11 heteroatoms. The average molecular weight is 856 g/mol. The molecule has 0 radical (unpaired) electrons. The molecule has 4 saturated carbocycles. The Kier molecular flexibility index (Phi) is 11.1. The minimum atomic E-state index is -4.63. The van der Waals surface area contributed by atoms with Crippen molar-refractivity contribution in [2.75, 3.05) is 18.6 Å². The minimum Gasteiger partial charge on any atom is -0.496 e. The molecule has 4 fully saturated rings. The van der Waals surface area contributed by atoms with E-state index < -0.39 is 41.4 Å². The number of carbonyl (C=O) groups is 3. The summed E-state index contributed by atoms with van der Waals surface area (Å²) in [5.74, 6) is 0.656. The van der Waals surface area contributed by atoms with Gasteiger partial charge in [0.2, 0.25) is 0 Å². The lowest BCUT2D eigenvalue weighted by atomic mass is 9.48. The van der Waals surface area contributed by atoms with Crippen LogP contribution in [0.15, 0.2) is 127 Å². The summed E-state index contributed by atoms with van der Waals surface area (Å²) in [6.45, 7) is 1.48. The van der Waals surface area contributed by atoms with Crippen LogP contribution in [0.2, 0.25) is 0 Å². The van der Waals surface area contributed by atoms with Crippen LogP contribution in [0, 0.1) is 23.6 Å². The van der Waals surface area contributed by atoms with Crippen LogP contribution in [0.25, 0.3) is 21.9 Å². The third kappa shape index (κ3) is 8.28. The maximum absolute atomic E-state index is 14.3. The Labute approximate surface area is 362 Å². The van der Waals surface area contributed by atoms with Crippen molar-refractivity contribution in [1.29, 1.82) is 0 Å². The quantitative estimate of drug-likeness (QED) is 0.0733. The second kappa shape index (κ2) is 16.7. The van der Waals surface area contributed by atoms with E-state index >= 15 is 0 Å². The Morgan fingerprint density at radius 2 is 1.30 bits per heavy atom. The largest absolute Gasteiger partial charge is 0.496 e. The first-order valence-electron chi connectivity index (χ1n) is 21.3. The van der Waals surface area contributed by atoms with Crippen molar-refractivity contribution in [2.45, 2.75) is 63.1 Å². The number of halogens is 4. The van der Waals surface area contributed by atoms with Crippen LogP contribution < -0.4 is 14.4 Å². The second-order valence-corrected chi connectivity index (χ2v) is 17.2. The summed E-state index contributed by atoms with van der Waals surface area (Å²) in [7, 11) is 1.76. The minimum absolute atomic E-state index is 0.0404. The number of amides is 1. The van der Waals surface area contributed by atoms with Crippen LogP contribution in [0.5, 0.6) is 11.5 Å². The second-order valence-electron chi connectivity index (χ2n) is 17.2. The van der Waals surface area contributed by atoms with Crippen molar-refractivity contribution in [2.24, 2.45) is 17.8 Å². The molecular formula is C52H45F4NO6.